The molecule has 3 rings (SSSR count). The molecule has 108 valence electrons. The third kappa shape index (κ3) is 2.54. The summed E-state index contributed by atoms with van der Waals surface area (Å²) in [6.07, 6.45) is 3.57. The second-order valence-corrected chi connectivity index (χ2v) is 6.28. The van der Waals surface area contributed by atoms with Crippen LogP contribution in [0.25, 0.3) is 0 Å². The minimum atomic E-state index is 0.743. The second kappa shape index (κ2) is 5.47. The van der Waals surface area contributed by atoms with Gasteiger partial charge in [-0.05, 0) is 36.8 Å². The van der Waals surface area contributed by atoms with E-state index in [0.29, 0.717) is 0 Å². The number of guanidine groups is 1. The van der Waals surface area contributed by atoms with Crippen LogP contribution in [0.15, 0.2) is 18.2 Å². The van der Waals surface area contributed by atoms with Gasteiger partial charge in [-0.2, -0.15) is 0 Å². The molecule has 3 heteroatoms. The Morgan fingerprint density at radius 1 is 1.25 bits per heavy atom. The molecule has 1 aromatic carbocycles. The Hall–Kier alpha value is -1.51. The maximum atomic E-state index is 8.48. The fourth-order valence-electron chi connectivity index (χ4n) is 3.42. The van der Waals surface area contributed by atoms with Crippen LogP contribution in [-0.2, 0) is 13.0 Å². The highest BCUT2D eigenvalue weighted by Gasteiger charge is 2.27. The SMILES string of the molecule is CCC1CCN(C(=N)N2CCc3cc(C)ccc3C2)C1. The van der Waals surface area contributed by atoms with E-state index < -0.39 is 0 Å². The number of fused-ring (bicyclic) bond motifs is 1. The lowest BCUT2D eigenvalue weighted by Crippen LogP contribution is -2.45. The lowest BCUT2D eigenvalue weighted by atomic mass is 9.98. The van der Waals surface area contributed by atoms with Gasteiger partial charge in [-0.3, -0.25) is 5.41 Å². The minimum Gasteiger partial charge on any atom is -0.343 e. The lowest BCUT2D eigenvalue weighted by molar-refractivity contribution is 0.319. The molecule has 0 amide bonds. The Morgan fingerprint density at radius 2 is 2.10 bits per heavy atom. The van der Waals surface area contributed by atoms with Gasteiger partial charge in [-0.25, -0.2) is 0 Å². The molecule has 20 heavy (non-hydrogen) atoms. The molecule has 0 aromatic heterocycles. The molecule has 2 aliphatic rings. The van der Waals surface area contributed by atoms with Crippen molar-refractivity contribution < 1.29 is 0 Å². The number of hydrogen-bond donors (Lipinski definition) is 1. The molecule has 0 aliphatic carbocycles. The summed E-state index contributed by atoms with van der Waals surface area (Å²) in [7, 11) is 0. The van der Waals surface area contributed by atoms with Crippen molar-refractivity contribution in [1.29, 1.82) is 5.41 Å². The van der Waals surface area contributed by atoms with Gasteiger partial charge in [0.05, 0.1) is 0 Å². The highest BCUT2D eigenvalue weighted by molar-refractivity contribution is 5.77. The van der Waals surface area contributed by atoms with Gasteiger partial charge in [-0.1, -0.05) is 37.1 Å². The molecular weight excluding hydrogens is 246 g/mol. The van der Waals surface area contributed by atoms with Gasteiger partial charge in [-0.15, -0.1) is 0 Å². The summed E-state index contributed by atoms with van der Waals surface area (Å²) in [5.41, 5.74) is 4.22. The Bertz CT molecular complexity index is 509. The quantitative estimate of drug-likeness (QED) is 0.628. The van der Waals surface area contributed by atoms with Gasteiger partial charge in [0, 0.05) is 26.2 Å². The van der Waals surface area contributed by atoms with Crippen molar-refractivity contribution in [2.24, 2.45) is 5.92 Å². The summed E-state index contributed by atoms with van der Waals surface area (Å²) in [6, 6.07) is 6.73. The van der Waals surface area contributed by atoms with E-state index in [9.17, 15) is 0 Å². The average molecular weight is 271 g/mol. The molecule has 1 fully saturated rings. The van der Waals surface area contributed by atoms with Gasteiger partial charge < -0.3 is 9.80 Å². The lowest BCUT2D eigenvalue weighted by Gasteiger charge is -2.35. The van der Waals surface area contributed by atoms with Crippen molar-refractivity contribution >= 4 is 5.96 Å². The van der Waals surface area contributed by atoms with Crippen LogP contribution in [-0.4, -0.2) is 35.4 Å². The fraction of sp³-hybridized carbons (Fsp3) is 0.588. The molecule has 0 radical (unpaired) electrons. The van der Waals surface area contributed by atoms with E-state index in [4.69, 9.17) is 5.41 Å². The number of likely N-dealkylation sites (tertiary alicyclic amines) is 1. The van der Waals surface area contributed by atoms with Crippen LogP contribution in [0.3, 0.4) is 0 Å². The Balaban J connectivity index is 1.68. The van der Waals surface area contributed by atoms with E-state index in [0.717, 1.165) is 44.5 Å². The monoisotopic (exact) mass is 271 g/mol. The molecule has 1 N–H and O–H groups in total. The summed E-state index contributed by atoms with van der Waals surface area (Å²) in [5.74, 6) is 1.53. The van der Waals surface area contributed by atoms with E-state index >= 15 is 0 Å². The number of rotatable bonds is 1. The van der Waals surface area contributed by atoms with Gasteiger partial charge >= 0.3 is 0 Å². The van der Waals surface area contributed by atoms with E-state index in [2.05, 4.69) is 41.8 Å². The summed E-state index contributed by atoms with van der Waals surface area (Å²) in [5, 5.41) is 8.48. The summed E-state index contributed by atoms with van der Waals surface area (Å²) >= 11 is 0. The van der Waals surface area contributed by atoms with Crippen LogP contribution in [0.1, 0.15) is 36.5 Å². The number of aryl methyl sites for hydroxylation is 1. The predicted molar refractivity (Wildman–Crippen MR) is 83.0 cm³/mol. The van der Waals surface area contributed by atoms with Crippen LogP contribution >= 0.6 is 0 Å². The molecule has 3 nitrogen and oxygen atoms in total. The molecule has 1 atom stereocenters. The molecule has 0 saturated carbocycles. The highest BCUT2D eigenvalue weighted by atomic mass is 15.4. The average Bonchev–Trinajstić information content (AvgIpc) is 2.95. The minimum absolute atomic E-state index is 0.743. The van der Waals surface area contributed by atoms with Gasteiger partial charge in [0.2, 0.25) is 0 Å². The Morgan fingerprint density at radius 3 is 2.85 bits per heavy atom. The predicted octanol–water partition coefficient (Wildman–Crippen LogP) is 3.02. The maximum Gasteiger partial charge on any atom is 0.194 e. The highest BCUT2D eigenvalue weighted by Crippen LogP contribution is 2.24. The first kappa shape index (κ1) is 13.5. The standard InChI is InChI=1S/C17H25N3/c1-3-14-6-8-19(11-14)17(18)20-9-7-15-10-13(2)4-5-16(15)12-20/h4-5,10,14,18H,3,6-9,11-12H2,1-2H3. The molecule has 2 heterocycles. The van der Waals surface area contributed by atoms with E-state index in [1.807, 2.05) is 0 Å². The summed E-state index contributed by atoms with van der Waals surface area (Å²) < 4.78 is 0. The number of nitrogens with one attached hydrogen (secondary N) is 1. The van der Waals surface area contributed by atoms with E-state index in [-0.39, 0.29) is 0 Å². The van der Waals surface area contributed by atoms with Crippen molar-refractivity contribution in [3.05, 3.63) is 34.9 Å². The van der Waals surface area contributed by atoms with Crippen molar-refractivity contribution in [1.82, 2.24) is 9.80 Å². The van der Waals surface area contributed by atoms with Crippen LogP contribution in [0.2, 0.25) is 0 Å². The topological polar surface area (TPSA) is 30.3 Å². The number of benzene rings is 1. The molecule has 1 unspecified atom stereocenters. The molecule has 1 saturated heterocycles. The molecule has 0 spiro atoms. The van der Waals surface area contributed by atoms with Gasteiger partial charge in [0.25, 0.3) is 0 Å². The first-order valence-corrected chi connectivity index (χ1v) is 7.84. The smallest absolute Gasteiger partial charge is 0.194 e. The largest absolute Gasteiger partial charge is 0.343 e. The third-order valence-electron chi connectivity index (χ3n) is 4.84. The van der Waals surface area contributed by atoms with E-state index in [1.54, 1.807) is 0 Å². The summed E-state index contributed by atoms with van der Waals surface area (Å²) in [6.45, 7) is 8.45. The number of nitrogens with zero attached hydrogens (tertiary/aromatic N) is 2. The summed E-state index contributed by atoms with van der Waals surface area (Å²) in [4.78, 5) is 4.52. The zero-order valence-electron chi connectivity index (χ0n) is 12.7. The van der Waals surface area contributed by atoms with Crippen molar-refractivity contribution in [3.63, 3.8) is 0 Å². The first-order valence-electron chi connectivity index (χ1n) is 7.84. The van der Waals surface area contributed by atoms with Crippen LogP contribution in [0.4, 0.5) is 0 Å². The number of hydrogen-bond acceptors (Lipinski definition) is 1. The molecule has 0 bridgehead atoms. The van der Waals surface area contributed by atoms with Crippen molar-refractivity contribution in [3.8, 4) is 0 Å². The zero-order chi connectivity index (χ0) is 14.1. The second-order valence-electron chi connectivity index (χ2n) is 6.28. The maximum absolute atomic E-state index is 8.48. The Labute approximate surface area is 122 Å². The normalized spacial score (nSPS) is 22.0. The molecule has 1 aromatic rings. The van der Waals surface area contributed by atoms with Crippen molar-refractivity contribution in [2.45, 2.75) is 39.7 Å². The molecular formula is C17H25N3. The Kier molecular flexibility index (Phi) is 3.68. The van der Waals surface area contributed by atoms with Gasteiger partial charge in [0.1, 0.15) is 0 Å². The van der Waals surface area contributed by atoms with Crippen LogP contribution < -0.4 is 0 Å². The van der Waals surface area contributed by atoms with E-state index in [1.165, 1.54) is 29.5 Å². The van der Waals surface area contributed by atoms with Crippen LogP contribution in [0.5, 0.6) is 0 Å². The third-order valence-corrected chi connectivity index (χ3v) is 4.84. The molecule has 2 aliphatic heterocycles. The fourth-order valence-corrected chi connectivity index (χ4v) is 3.42. The first-order chi connectivity index (χ1) is 9.67. The zero-order valence-corrected chi connectivity index (χ0v) is 12.7. The van der Waals surface area contributed by atoms with Gasteiger partial charge in [0.15, 0.2) is 5.96 Å². The van der Waals surface area contributed by atoms with Crippen LogP contribution in [0, 0.1) is 18.3 Å². The van der Waals surface area contributed by atoms with Crippen molar-refractivity contribution in [2.75, 3.05) is 19.6 Å².